The van der Waals surface area contributed by atoms with E-state index in [4.69, 9.17) is 18.9 Å². The number of nitrogens with zero attached hydrogens (tertiary/aromatic N) is 1. The normalized spacial score (nSPS) is 13.4. The highest BCUT2D eigenvalue weighted by Crippen LogP contribution is 2.36. The van der Waals surface area contributed by atoms with Gasteiger partial charge in [-0.05, 0) is 55.8 Å². The van der Waals surface area contributed by atoms with Crippen molar-refractivity contribution in [3.8, 4) is 23.0 Å². The molecule has 9 nitrogen and oxygen atoms in total. The van der Waals surface area contributed by atoms with Crippen molar-refractivity contribution < 1.29 is 32.2 Å². The number of carbonyl (C=O) groups excluding carboxylic acids is 1. The topological polar surface area (TPSA) is 103 Å². The Labute approximate surface area is 217 Å². The number of ether oxygens (including phenoxy) is 4. The smallest absolute Gasteiger partial charge is 0.264 e. The molecular formula is C27H30N2O7S. The molecule has 0 unspecified atom stereocenters. The van der Waals surface area contributed by atoms with E-state index in [0.29, 0.717) is 30.5 Å². The van der Waals surface area contributed by atoms with Crippen molar-refractivity contribution >= 4 is 21.6 Å². The molecule has 0 saturated heterocycles. The van der Waals surface area contributed by atoms with Gasteiger partial charge in [0.15, 0.2) is 11.5 Å². The van der Waals surface area contributed by atoms with E-state index in [1.165, 1.54) is 32.4 Å². The van der Waals surface area contributed by atoms with Gasteiger partial charge in [0.05, 0.1) is 30.8 Å². The van der Waals surface area contributed by atoms with Crippen LogP contribution in [0.2, 0.25) is 0 Å². The van der Waals surface area contributed by atoms with Crippen LogP contribution in [0.25, 0.3) is 0 Å². The predicted molar refractivity (Wildman–Crippen MR) is 139 cm³/mol. The van der Waals surface area contributed by atoms with Crippen LogP contribution < -0.4 is 28.6 Å². The summed E-state index contributed by atoms with van der Waals surface area (Å²) in [5.74, 6) is 1.46. The fraction of sp³-hybridized carbons (Fsp3) is 0.296. The van der Waals surface area contributed by atoms with Crippen molar-refractivity contribution in [1.29, 1.82) is 0 Å². The zero-order chi connectivity index (χ0) is 26.6. The van der Waals surface area contributed by atoms with E-state index in [1.807, 2.05) is 26.0 Å². The number of hydrogen-bond donors (Lipinski definition) is 1. The van der Waals surface area contributed by atoms with Crippen LogP contribution in [0.3, 0.4) is 0 Å². The van der Waals surface area contributed by atoms with E-state index < -0.39 is 28.5 Å². The van der Waals surface area contributed by atoms with Crippen LogP contribution in [0.15, 0.2) is 65.6 Å². The minimum absolute atomic E-state index is 0.0515. The first-order chi connectivity index (χ1) is 17.7. The van der Waals surface area contributed by atoms with Gasteiger partial charge in [0.25, 0.3) is 10.0 Å². The summed E-state index contributed by atoms with van der Waals surface area (Å²) in [5.41, 5.74) is 1.89. The Morgan fingerprint density at radius 1 is 0.973 bits per heavy atom. The molecule has 1 atom stereocenters. The van der Waals surface area contributed by atoms with E-state index in [-0.39, 0.29) is 16.3 Å². The third kappa shape index (κ3) is 5.75. The molecule has 10 heteroatoms. The quantitative estimate of drug-likeness (QED) is 0.452. The molecule has 0 saturated carbocycles. The minimum Gasteiger partial charge on any atom is -0.497 e. The highest BCUT2D eigenvalue weighted by Gasteiger charge is 2.30. The maximum Gasteiger partial charge on any atom is 0.264 e. The predicted octanol–water partition coefficient (Wildman–Crippen LogP) is 3.86. The number of aryl methyl sites for hydroxylation is 1. The second-order valence-corrected chi connectivity index (χ2v) is 10.4. The molecule has 3 aromatic carbocycles. The maximum atomic E-state index is 13.8. The van der Waals surface area contributed by atoms with Gasteiger partial charge in [-0.3, -0.25) is 9.10 Å². The molecule has 1 amide bonds. The molecule has 0 aliphatic carbocycles. The number of amides is 1. The largest absolute Gasteiger partial charge is 0.497 e. The fourth-order valence-corrected chi connectivity index (χ4v) is 5.38. The Hall–Kier alpha value is -3.92. The lowest BCUT2D eigenvalue weighted by molar-refractivity contribution is -0.120. The van der Waals surface area contributed by atoms with Gasteiger partial charge in [0.2, 0.25) is 5.91 Å². The van der Waals surface area contributed by atoms with Crippen molar-refractivity contribution in [3.63, 3.8) is 0 Å². The first-order valence-electron chi connectivity index (χ1n) is 11.7. The number of anilines is 1. The Morgan fingerprint density at radius 2 is 1.68 bits per heavy atom. The van der Waals surface area contributed by atoms with Crippen LogP contribution >= 0.6 is 0 Å². The second-order valence-electron chi connectivity index (χ2n) is 8.55. The van der Waals surface area contributed by atoms with Crippen LogP contribution in [0, 0.1) is 6.92 Å². The fourth-order valence-electron chi connectivity index (χ4n) is 3.96. The van der Waals surface area contributed by atoms with E-state index in [2.05, 4.69) is 5.32 Å². The number of benzene rings is 3. The molecule has 1 heterocycles. The van der Waals surface area contributed by atoms with Gasteiger partial charge in [0, 0.05) is 6.07 Å². The number of hydrogen-bond acceptors (Lipinski definition) is 7. The van der Waals surface area contributed by atoms with E-state index in [9.17, 15) is 13.2 Å². The molecule has 196 valence electrons. The summed E-state index contributed by atoms with van der Waals surface area (Å²) in [6, 6.07) is 16.2. The molecule has 1 aliphatic rings. The third-order valence-corrected chi connectivity index (χ3v) is 7.77. The Balaban J connectivity index is 1.65. The molecule has 0 spiro atoms. The lowest BCUT2D eigenvalue weighted by atomic mass is 10.1. The third-order valence-electron chi connectivity index (χ3n) is 5.99. The molecule has 0 radical (unpaired) electrons. The van der Waals surface area contributed by atoms with Crippen LogP contribution in [-0.2, 0) is 14.8 Å². The van der Waals surface area contributed by atoms with Gasteiger partial charge in [-0.25, -0.2) is 8.42 Å². The Kier molecular flexibility index (Phi) is 7.77. The average molecular weight is 527 g/mol. The van der Waals surface area contributed by atoms with Gasteiger partial charge >= 0.3 is 0 Å². The molecule has 1 N–H and O–H groups in total. The lowest BCUT2D eigenvalue weighted by Gasteiger charge is -2.27. The SMILES string of the molecule is COc1ccc(OC)c(N(CC(=O)N[C@H](C)c2ccc3c(c2)OCCO3)S(=O)(=O)c2ccc(C)cc2)c1. The Bertz CT molecular complexity index is 1370. The number of fused-ring (bicyclic) bond motifs is 1. The average Bonchev–Trinajstić information content (AvgIpc) is 2.91. The van der Waals surface area contributed by atoms with Gasteiger partial charge in [-0.2, -0.15) is 0 Å². The zero-order valence-corrected chi connectivity index (χ0v) is 22.0. The minimum atomic E-state index is -4.14. The highest BCUT2D eigenvalue weighted by molar-refractivity contribution is 7.92. The molecule has 37 heavy (non-hydrogen) atoms. The van der Waals surface area contributed by atoms with Crippen LogP contribution in [0.5, 0.6) is 23.0 Å². The first kappa shape index (κ1) is 26.2. The summed E-state index contributed by atoms with van der Waals surface area (Å²) in [4.78, 5) is 13.3. The molecule has 3 aromatic rings. The molecule has 0 fully saturated rings. The van der Waals surface area contributed by atoms with E-state index in [1.54, 1.807) is 30.3 Å². The Morgan fingerprint density at radius 3 is 2.35 bits per heavy atom. The van der Waals surface area contributed by atoms with Crippen LogP contribution in [0.1, 0.15) is 24.1 Å². The van der Waals surface area contributed by atoms with Gasteiger partial charge in [0.1, 0.15) is 31.3 Å². The summed E-state index contributed by atoms with van der Waals surface area (Å²) < 4.78 is 50.6. The van der Waals surface area contributed by atoms with Crippen molar-refractivity contribution in [1.82, 2.24) is 5.32 Å². The van der Waals surface area contributed by atoms with Crippen molar-refractivity contribution in [2.75, 3.05) is 38.3 Å². The molecule has 0 aromatic heterocycles. The maximum absolute atomic E-state index is 13.8. The number of methoxy groups -OCH3 is 2. The van der Waals surface area contributed by atoms with Gasteiger partial charge in [-0.1, -0.05) is 23.8 Å². The molecule has 1 aliphatic heterocycles. The van der Waals surface area contributed by atoms with E-state index >= 15 is 0 Å². The summed E-state index contributed by atoms with van der Waals surface area (Å²) in [5, 5.41) is 2.89. The highest BCUT2D eigenvalue weighted by atomic mass is 32.2. The lowest BCUT2D eigenvalue weighted by Crippen LogP contribution is -2.41. The summed E-state index contributed by atoms with van der Waals surface area (Å²) in [6.07, 6.45) is 0. The number of sulfonamides is 1. The molecule has 4 rings (SSSR count). The van der Waals surface area contributed by atoms with Gasteiger partial charge in [-0.15, -0.1) is 0 Å². The number of carbonyl (C=O) groups is 1. The standard InChI is InChI=1S/C27H30N2O7S/c1-18-5-9-22(10-6-18)37(31,32)29(23-16-21(33-3)8-12-24(23)34-4)17-27(30)28-19(2)20-7-11-25-26(15-20)36-14-13-35-25/h5-12,15-16,19H,13-14,17H2,1-4H3,(H,28,30)/t19-/m1/s1. The van der Waals surface area contributed by atoms with Crippen LogP contribution in [-0.4, -0.2) is 48.3 Å². The van der Waals surface area contributed by atoms with E-state index in [0.717, 1.165) is 15.4 Å². The van der Waals surface area contributed by atoms with Crippen molar-refractivity contribution in [3.05, 3.63) is 71.8 Å². The van der Waals surface area contributed by atoms with Crippen molar-refractivity contribution in [2.45, 2.75) is 24.8 Å². The monoisotopic (exact) mass is 526 g/mol. The number of nitrogens with one attached hydrogen (secondary N) is 1. The number of rotatable bonds is 9. The summed E-state index contributed by atoms with van der Waals surface area (Å²) in [7, 11) is -1.22. The van der Waals surface area contributed by atoms with Gasteiger partial charge < -0.3 is 24.3 Å². The molecule has 0 bridgehead atoms. The van der Waals surface area contributed by atoms with Crippen LogP contribution in [0.4, 0.5) is 5.69 Å². The molecular weight excluding hydrogens is 496 g/mol. The summed E-state index contributed by atoms with van der Waals surface area (Å²) >= 11 is 0. The zero-order valence-electron chi connectivity index (χ0n) is 21.2. The first-order valence-corrected chi connectivity index (χ1v) is 13.2. The summed E-state index contributed by atoms with van der Waals surface area (Å²) in [6.45, 7) is 4.14. The van der Waals surface area contributed by atoms with Crippen molar-refractivity contribution in [2.24, 2.45) is 0 Å². The second kappa shape index (κ2) is 11.0.